The molecule has 0 bridgehead atoms. The van der Waals surface area contributed by atoms with Gasteiger partial charge in [0.05, 0.1) is 11.3 Å². The lowest BCUT2D eigenvalue weighted by atomic mass is 10.2. The van der Waals surface area contributed by atoms with Crippen molar-refractivity contribution >= 4 is 29.0 Å². The largest absolute Gasteiger partial charge is 0.489 e. The van der Waals surface area contributed by atoms with Gasteiger partial charge in [-0.15, -0.1) is 0 Å². The van der Waals surface area contributed by atoms with Crippen molar-refractivity contribution < 1.29 is 19.0 Å². The number of halogens is 1. The number of fused-ring (bicyclic) bond motifs is 1. The van der Waals surface area contributed by atoms with Crippen LogP contribution < -0.4 is 26.4 Å². The minimum absolute atomic E-state index is 0.138. The lowest BCUT2D eigenvalue weighted by molar-refractivity contribution is 0.100. The van der Waals surface area contributed by atoms with Gasteiger partial charge in [-0.25, -0.2) is 9.37 Å². The second-order valence-electron chi connectivity index (χ2n) is 6.98. The molecule has 1 aliphatic heterocycles. The molecular weight excluding hydrogens is 403 g/mol. The number of nitrogens with one attached hydrogen (secondary N) is 3. The molecule has 0 spiro atoms. The maximum absolute atomic E-state index is 13.1. The lowest BCUT2D eigenvalue weighted by Gasteiger charge is -2.13. The fourth-order valence-electron chi connectivity index (χ4n) is 3.02. The first-order valence-corrected chi connectivity index (χ1v) is 9.59. The van der Waals surface area contributed by atoms with Crippen molar-refractivity contribution in [2.75, 3.05) is 29.1 Å². The Morgan fingerprint density at radius 3 is 2.87 bits per heavy atom. The molecular formula is C21H21FN6O3. The predicted octanol–water partition coefficient (Wildman–Crippen LogP) is 2.24. The number of carbonyl (C=O) groups excluding carboxylic acids is 1. The number of hydrogen-bond donors (Lipinski definition) is 5. The molecule has 3 aromatic rings. The number of ether oxygens (including phenoxy) is 1. The Balaban J connectivity index is 1.53. The predicted molar refractivity (Wildman–Crippen MR) is 114 cm³/mol. The highest BCUT2D eigenvalue weighted by molar-refractivity contribution is 5.97. The van der Waals surface area contributed by atoms with Crippen molar-refractivity contribution in [3.63, 3.8) is 0 Å². The molecule has 0 aliphatic carbocycles. The van der Waals surface area contributed by atoms with Crippen LogP contribution in [0.15, 0.2) is 48.7 Å². The maximum Gasteiger partial charge on any atom is 0.254 e. The molecule has 2 aromatic carbocycles. The summed E-state index contributed by atoms with van der Waals surface area (Å²) in [4.78, 5) is 20.3. The van der Waals surface area contributed by atoms with Crippen LogP contribution >= 0.6 is 0 Å². The summed E-state index contributed by atoms with van der Waals surface area (Å²) in [5.74, 6) is 0.145. The van der Waals surface area contributed by atoms with Crippen LogP contribution in [-0.4, -0.2) is 40.2 Å². The first-order chi connectivity index (χ1) is 15.0. The lowest BCUT2D eigenvalue weighted by Crippen LogP contribution is -2.23. The Labute approximate surface area is 177 Å². The number of rotatable bonds is 6. The molecule has 6 N–H and O–H groups in total. The second kappa shape index (κ2) is 8.84. The van der Waals surface area contributed by atoms with Gasteiger partial charge in [0.25, 0.3) is 5.91 Å². The van der Waals surface area contributed by atoms with E-state index in [2.05, 4.69) is 25.9 Å². The molecule has 4 rings (SSSR count). The van der Waals surface area contributed by atoms with Crippen molar-refractivity contribution in [3.8, 4) is 5.75 Å². The van der Waals surface area contributed by atoms with E-state index >= 15 is 0 Å². The maximum atomic E-state index is 13.1. The van der Waals surface area contributed by atoms with E-state index in [0.717, 1.165) is 11.3 Å². The molecule has 9 nitrogen and oxygen atoms in total. The second-order valence-corrected chi connectivity index (χ2v) is 6.98. The smallest absolute Gasteiger partial charge is 0.254 e. The third-order valence-electron chi connectivity index (χ3n) is 4.62. The van der Waals surface area contributed by atoms with Gasteiger partial charge in [-0.2, -0.15) is 4.98 Å². The highest BCUT2D eigenvalue weighted by Crippen LogP contribution is 2.31. The molecule has 1 amide bonds. The summed E-state index contributed by atoms with van der Waals surface area (Å²) in [5.41, 5.74) is 7.79. The molecule has 0 saturated heterocycles. The van der Waals surface area contributed by atoms with Gasteiger partial charge >= 0.3 is 0 Å². The number of primary amides is 1. The molecule has 31 heavy (non-hydrogen) atoms. The van der Waals surface area contributed by atoms with Gasteiger partial charge < -0.3 is 31.5 Å². The zero-order chi connectivity index (χ0) is 21.8. The van der Waals surface area contributed by atoms with Crippen molar-refractivity contribution in [1.82, 2.24) is 9.97 Å². The number of nitrogens with zero attached hydrogens (tertiary/aromatic N) is 2. The van der Waals surface area contributed by atoms with E-state index in [1.165, 1.54) is 18.3 Å². The Kier molecular flexibility index (Phi) is 5.80. The molecule has 1 aliphatic rings. The van der Waals surface area contributed by atoms with Crippen LogP contribution in [0, 0.1) is 5.82 Å². The minimum Gasteiger partial charge on any atom is -0.489 e. The summed E-state index contributed by atoms with van der Waals surface area (Å²) < 4.78 is 18.6. The fourth-order valence-corrected chi connectivity index (χ4v) is 3.02. The van der Waals surface area contributed by atoms with Gasteiger partial charge in [0.1, 0.15) is 30.1 Å². The van der Waals surface area contributed by atoms with E-state index in [4.69, 9.17) is 10.5 Å². The van der Waals surface area contributed by atoms with E-state index in [0.29, 0.717) is 24.5 Å². The van der Waals surface area contributed by atoms with Crippen LogP contribution in [0.25, 0.3) is 0 Å². The molecule has 1 atom stereocenters. The monoisotopic (exact) mass is 424 g/mol. The van der Waals surface area contributed by atoms with Crippen LogP contribution in [0.3, 0.4) is 0 Å². The van der Waals surface area contributed by atoms with Gasteiger partial charge in [0.2, 0.25) is 5.95 Å². The normalized spacial score (nSPS) is 15.1. The summed E-state index contributed by atoms with van der Waals surface area (Å²) in [6.45, 7) is 0.907. The third kappa shape index (κ3) is 4.98. The SMILES string of the molecule is NC(=O)c1cnc(Nc2ccc3c(c2)NCC(O)CO3)nc1NCc1ccc(F)cc1. The number of β-amino-alcohol motifs (C(OH)–C–C–N with tert-alkyl or cyclic N) is 1. The molecule has 160 valence electrons. The highest BCUT2D eigenvalue weighted by Gasteiger charge is 2.16. The molecule has 0 saturated carbocycles. The third-order valence-corrected chi connectivity index (χ3v) is 4.62. The minimum atomic E-state index is -0.668. The van der Waals surface area contributed by atoms with E-state index in [9.17, 15) is 14.3 Å². The number of anilines is 4. The number of aliphatic hydroxyl groups is 1. The molecule has 1 unspecified atom stereocenters. The van der Waals surface area contributed by atoms with Gasteiger partial charge in [-0.1, -0.05) is 12.1 Å². The fraction of sp³-hybridized carbons (Fsp3) is 0.190. The first-order valence-electron chi connectivity index (χ1n) is 9.59. The van der Waals surface area contributed by atoms with Crippen LogP contribution in [0.1, 0.15) is 15.9 Å². The molecule has 10 heteroatoms. The van der Waals surface area contributed by atoms with Crippen molar-refractivity contribution in [2.24, 2.45) is 5.73 Å². The molecule has 1 aromatic heterocycles. The van der Waals surface area contributed by atoms with E-state index < -0.39 is 12.0 Å². The van der Waals surface area contributed by atoms with Crippen molar-refractivity contribution in [3.05, 3.63) is 65.6 Å². The standard InChI is InChI=1S/C21H21FN6O3/c22-13-3-1-12(2-4-13)8-25-20-16(19(23)30)10-26-21(28-20)27-14-5-6-18-17(7-14)24-9-15(29)11-31-18/h1-7,10,15,24,29H,8-9,11H2,(H2,23,30)(H2,25,26,27,28). The molecule has 0 fully saturated rings. The summed E-state index contributed by atoms with van der Waals surface area (Å²) in [5, 5.41) is 19.0. The average Bonchev–Trinajstić information content (AvgIpc) is 2.94. The number of carbonyl (C=O) groups is 1. The zero-order valence-corrected chi connectivity index (χ0v) is 16.4. The highest BCUT2D eigenvalue weighted by atomic mass is 19.1. The average molecular weight is 424 g/mol. The number of aromatic nitrogens is 2. The van der Waals surface area contributed by atoms with E-state index in [-0.39, 0.29) is 29.8 Å². The molecule has 2 heterocycles. The number of benzene rings is 2. The Bertz CT molecular complexity index is 1090. The Morgan fingerprint density at radius 2 is 2.10 bits per heavy atom. The van der Waals surface area contributed by atoms with Gasteiger partial charge in [-0.3, -0.25) is 4.79 Å². The summed E-state index contributed by atoms with van der Waals surface area (Å²) in [7, 11) is 0. The van der Waals surface area contributed by atoms with Gasteiger partial charge in [0.15, 0.2) is 0 Å². The molecule has 0 radical (unpaired) electrons. The number of amides is 1. The number of hydrogen-bond acceptors (Lipinski definition) is 8. The van der Waals surface area contributed by atoms with Crippen LogP contribution in [0.2, 0.25) is 0 Å². The number of nitrogens with two attached hydrogens (primary N) is 1. The quantitative estimate of drug-likeness (QED) is 0.407. The van der Waals surface area contributed by atoms with Crippen LogP contribution in [0.5, 0.6) is 5.75 Å². The van der Waals surface area contributed by atoms with Gasteiger partial charge in [0, 0.05) is 25.0 Å². The topological polar surface area (TPSA) is 134 Å². The van der Waals surface area contributed by atoms with Crippen LogP contribution in [0.4, 0.5) is 27.5 Å². The summed E-state index contributed by atoms with van der Waals surface area (Å²) >= 11 is 0. The number of aliphatic hydroxyl groups excluding tert-OH is 1. The van der Waals surface area contributed by atoms with Crippen molar-refractivity contribution in [1.29, 1.82) is 0 Å². The Hall–Kier alpha value is -3.92. The van der Waals surface area contributed by atoms with Crippen molar-refractivity contribution in [2.45, 2.75) is 12.6 Å². The summed E-state index contributed by atoms with van der Waals surface area (Å²) in [6.07, 6.45) is 0.745. The Morgan fingerprint density at radius 1 is 1.29 bits per heavy atom. The van der Waals surface area contributed by atoms with Crippen LogP contribution in [-0.2, 0) is 6.54 Å². The van der Waals surface area contributed by atoms with Gasteiger partial charge in [-0.05, 0) is 35.9 Å². The summed E-state index contributed by atoms with van der Waals surface area (Å²) in [6, 6.07) is 11.3. The van der Waals surface area contributed by atoms with E-state index in [1.807, 2.05) is 6.07 Å². The first kappa shape index (κ1) is 20.4. The zero-order valence-electron chi connectivity index (χ0n) is 16.4. The van der Waals surface area contributed by atoms with E-state index in [1.54, 1.807) is 24.3 Å².